The molecule has 1 unspecified atom stereocenters. The molecule has 2 aromatic heterocycles. The minimum absolute atomic E-state index is 0.172. The maximum Gasteiger partial charge on any atom is 0.251 e. The fourth-order valence-electron chi connectivity index (χ4n) is 3.08. The zero-order valence-corrected chi connectivity index (χ0v) is 17.7. The Hall–Kier alpha value is -4.34. The molecule has 4 aromatic rings. The number of aromatic nitrogens is 4. The van der Waals surface area contributed by atoms with E-state index in [1.807, 2.05) is 4.57 Å². The number of nitrogens with zero attached hydrogens (tertiary/aromatic N) is 4. The number of imidazole rings is 1. The van der Waals surface area contributed by atoms with Crippen LogP contribution < -0.4 is 10.6 Å². The van der Waals surface area contributed by atoms with Crippen LogP contribution in [0.2, 0.25) is 0 Å². The van der Waals surface area contributed by atoms with E-state index in [0.717, 1.165) is 0 Å². The van der Waals surface area contributed by atoms with Crippen molar-refractivity contribution in [2.24, 2.45) is 0 Å². The average Bonchev–Trinajstić information content (AvgIpc) is 3.51. The first-order valence-electron chi connectivity index (χ1n) is 10.2. The summed E-state index contributed by atoms with van der Waals surface area (Å²) in [5.41, 5.74) is 1.48. The molecule has 1 atom stereocenters. The van der Waals surface area contributed by atoms with E-state index < -0.39 is 6.04 Å². The number of amides is 2. The quantitative estimate of drug-likeness (QED) is 0.426. The molecule has 0 radical (unpaired) electrons. The Morgan fingerprint density at radius 1 is 1.18 bits per heavy atom. The van der Waals surface area contributed by atoms with Crippen molar-refractivity contribution in [1.82, 2.24) is 25.0 Å². The lowest BCUT2D eigenvalue weighted by atomic mass is 10.1. The molecule has 9 nitrogen and oxygen atoms in total. The maximum atomic E-state index is 13.1. The van der Waals surface area contributed by atoms with E-state index in [0.29, 0.717) is 29.2 Å². The number of aryl methyl sites for hydroxylation is 1. The van der Waals surface area contributed by atoms with E-state index in [9.17, 15) is 14.0 Å². The lowest BCUT2D eigenvalue weighted by Gasteiger charge is -2.11. The second kappa shape index (κ2) is 9.86. The van der Waals surface area contributed by atoms with Crippen molar-refractivity contribution in [2.75, 3.05) is 5.32 Å². The van der Waals surface area contributed by atoms with Gasteiger partial charge in [0, 0.05) is 42.2 Å². The van der Waals surface area contributed by atoms with Crippen molar-refractivity contribution in [3.05, 3.63) is 84.5 Å². The van der Waals surface area contributed by atoms with Crippen LogP contribution in [0.4, 0.5) is 10.1 Å². The van der Waals surface area contributed by atoms with Gasteiger partial charge in [-0.15, -0.1) is 0 Å². The van der Waals surface area contributed by atoms with E-state index in [2.05, 4.69) is 25.8 Å². The smallest absolute Gasteiger partial charge is 0.251 e. The minimum Gasteiger partial charge on any atom is -0.341 e. The van der Waals surface area contributed by atoms with Crippen LogP contribution in [0.15, 0.2) is 71.8 Å². The van der Waals surface area contributed by atoms with E-state index in [4.69, 9.17) is 4.52 Å². The molecule has 4 rings (SSSR count). The van der Waals surface area contributed by atoms with Gasteiger partial charge in [0.1, 0.15) is 11.9 Å². The van der Waals surface area contributed by atoms with Crippen molar-refractivity contribution in [2.45, 2.75) is 25.9 Å². The van der Waals surface area contributed by atoms with Crippen LogP contribution in [0, 0.1) is 5.82 Å². The van der Waals surface area contributed by atoms with Crippen LogP contribution in [0.25, 0.3) is 11.4 Å². The molecule has 168 valence electrons. The molecule has 0 saturated heterocycles. The van der Waals surface area contributed by atoms with Crippen LogP contribution in [0.5, 0.6) is 0 Å². The summed E-state index contributed by atoms with van der Waals surface area (Å²) in [6, 6.07) is 11.8. The van der Waals surface area contributed by atoms with Gasteiger partial charge < -0.3 is 19.7 Å². The normalized spacial score (nSPS) is 11.7. The lowest BCUT2D eigenvalue weighted by Crippen LogP contribution is -2.27. The molecule has 33 heavy (non-hydrogen) atoms. The summed E-state index contributed by atoms with van der Waals surface area (Å²) in [6.45, 7) is 2.22. The first-order chi connectivity index (χ1) is 16.0. The van der Waals surface area contributed by atoms with Crippen LogP contribution in [0.3, 0.4) is 0 Å². The second-order valence-corrected chi connectivity index (χ2v) is 7.34. The number of benzene rings is 2. The Morgan fingerprint density at radius 2 is 2.00 bits per heavy atom. The summed E-state index contributed by atoms with van der Waals surface area (Å²) in [7, 11) is 0. The van der Waals surface area contributed by atoms with Gasteiger partial charge >= 0.3 is 0 Å². The van der Waals surface area contributed by atoms with Gasteiger partial charge in [-0.1, -0.05) is 11.2 Å². The van der Waals surface area contributed by atoms with Gasteiger partial charge in [-0.3, -0.25) is 9.59 Å². The standard InChI is InChI=1S/C23H21FN6O3/c1-15(23-28-21(29-33-23)16-5-7-18(24)8-6-16)26-22(32)17-3-2-4-19(13-17)27-20(31)9-11-30-12-10-25-14-30/h2-8,10,12-15H,9,11H2,1H3,(H,26,32)(H,27,31). The molecule has 0 aliphatic heterocycles. The number of carbonyl (C=O) groups is 2. The highest BCUT2D eigenvalue weighted by molar-refractivity contribution is 5.97. The Bertz CT molecular complexity index is 1240. The third-order valence-corrected chi connectivity index (χ3v) is 4.83. The van der Waals surface area contributed by atoms with E-state index >= 15 is 0 Å². The number of rotatable bonds is 8. The molecule has 0 spiro atoms. The van der Waals surface area contributed by atoms with Gasteiger partial charge in [0.05, 0.1) is 6.33 Å². The van der Waals surface area contributed by atoms with Crippen molar-refractivity contribution in [3.63, 3.8) is 0 Å². The summed E-state index contributed by atoms with van der Waals surface area (Å²) < 4.78 is 20.2. The molecule has 0 aliphatic rings. The molecular weight excluding hydrogens is 427 g/mol. The van der Waals surface area contributed by atoms with Gasteiger partial charge in [-0.2, -0.15) is 4.98 Å². The average molecular weight is 448 g/mol. The van der Waals surface area contributed by atoms with Gasteiger partial charge in [-0.25, -0.2) is 9.37 Å². The summed E-state index contributed by atoms with van der Waals surface area (Å²) in [6.07, 6.45) is 5.35. The van der Waals surface area contributed by atoms with Crippen LogP contribution in [-0.2, 0) is 11.3 Å². The number of nitrogens with one attached hydrogen (secondary N) is 2. The monoisotopic (exact) mass is 448 g/mol. The maximum absolute atomic E-state index is 13.1. The first-order valence-corrected chi connectivity index (χ1v) is 10.2. The summed E-state index contributed by atoms with van der Waals surface area (Å²) in [5.74, 6) is -0.384. The van der Waals surface area contributed by atoms with Gasteiger partial charge in [0.2, 0.25) is 17.6 Å². The van der Waals surface area contributed by atoms with E-state index in [-0.39, 0.29) is 29.9 Å². The Morgan fingerprint density at radius 3 is 2.76 bits per heavy atom. The fraction of sp³-hybridized carbons (Fsp3) is 0.174. The largest absolute Gasteiger partial charge is 0.341 e. The Kier molecular flexibility index (Phi) is 6.53. The molecule has 2 amide bonds. The predicted octanol–water partition coefficient (Wildman–Crippen LogP) is 3.59. The second-order valence-electron chi connectivity index (χ2n) is 7.34. The summed E-state index contributed by atoms with van der Waals surface area (Å²) in [4.78, 5) is 33.1. The first kappa shape index (κ1) is 21.9. The number of hydrogen-bond acceptors (Lipinski definition) is 6. The third-order valence-electron chi connectivity index (χ3n) is 4.83. The summed E-state index contributed by atoms with van der Waals surface area (Å²) in [5, 5.41) is 9.47. The topological polar surface area (TPSA) is 115 Å². The van der Waals surface area contributed by atoms with Gasteiger partial charge in [0.25, 0.3) is 5.91 Å². The Labute approximate surface area is 188 Å². The van der Waals surface area contributed by atoms with Gasteiger partial charge in [-0.05, 0) is 49.4 Å². The predicted molar refractivity (Wildman–Crippen MR) is 117 cm³/mol. The highest BCUT2D eigenvalue weighted by Crippen LogP contribution is 2.20. The van der Waals surface area contributed by atoms with E-state index in [1.54, 1.807) is 62.0 Å². The highest BCUT2D eigenvalue weighted by atomic mass is 19.1. The van der Waals surface area contributed by atoms with Crippen LogP contribution in [-0.4, -0.2) is 31.5 Å². The minimum atomic E-state index is -0.562. The molecule has 2 heterocycles. The lowest BCUT2D eigenvalue weighted by molar-refractivity contribution is -0.116. The Balaban J connectivity index is 1.35. The summed E-state index contributed by atoms with van der Waals surface area (Å²) >= 11 is 0. The number of hydrogen-bond donors (Lipinski definition) is 2. The van der Waals surface area contributed by atoms with Crippen molar-refractivity contribution < 1.29 is 18.5 Å². The zero-order chi connectivity index (χ0) is 23.2. The molecule has 0 bridgehead atoms. The van der Waals surface area contributed by atoms with Crippen molar-refractivity contribution in [3.8, 4) is 11.4 Å². The number of anilines is 1. The SMILES string of the molecule is CC(NC(=O)c1cccc(NC(=O)CCn2ccnc2)c1)c1nc(-c2ccc(F)cc2)no1. The fourth-order valence-corrected chi connectivity index (χ4v) is 3.08. The molecule has 2 N–H and O–H groups in total. The molecule has 0 aliphatic carbocycles. The van der Waals surface area contributed by atoms with Crippen molar-refractivity contribution >= 4 is 17.5 Å². The van der Waals surface area contributed by atoms with E-state index in [1.165, 1.54) is 12.1 Å². The third kappa shape index (κ3) is 5.67. The zero-order valence-electron chi connectivity index (χ0n) is 17.7. The molecule has 10 heteroatoms. The van der Waals surface area contributed by atoms with Crippen LogP contribution >= 0.6 is 0 Å². The highest BCUT2D eigenvalue weighted by Gasteiger charge is 2.18. The molecular formula is C23H21FN6O3. The molecule has 2 aromatic carbocycles. The number of carbonyl (C=O) groups excluding carboxylic acids is 2. The van der Waals surface area contributed by atoms with Crippen molar-refractivity contribution in [1.29, 1.82) is 0 Å². The van der Waals surface area contributed by atoms with Crippen LogP contribution in [0.1, 0.15) is 35.6 Å². The number of halogens is 1. The van der Waals surface area contributed by atoms with Gasteiger partial charge in [0.15, 0.2) is 0 Å². The molecule has 0 fully saturated rings. The molecule has 0 saturated carbocycles.